The zero-order valence-corrected chi connectivity index (χ0v) is 13.0. The van der Waals surface area contributed by atoms with Gasteiger partial charge in [0.05, 0.1) is 0 Å². The summed E-state index contributed by atoms with van der Waals surface area (Å²) in [7, 11) is 0. The first kappa shape index (κ1) is 14.7. The van der Waals surface area contributed by atoms with Gasteiger partial charge in [0.2, 0.25) is 0 Å². The first-order valence-corrected chi connectivity index (χ1v) is 7.06. The minimum absolute atomic E-state index is 0.280. The summed E-state index contributed by atoms with van der Waals surface area (Å²) < 4.78 is 0. The van der Waals surface area contributed by atoms with Crippen molar-refractivity contribution in [3.63, 3.8) is 0 Å². The van der Waals surface area contributed by atoms with E-state index in [2.05, 4.69) is 49.0 Å². The third-order valence-electron chi connectivity index (χ3n) is 3.76. The molecule has 1 N–H and O–H groups in total. The van der Waals surface area contributed by atoms with E-state index in [0.29, 0.717) is 0 Å². The molecule has 0 aromatic carbocycles. The second-order valence-electron chi connectivity index (χ2n) is 5.48. The van der Waals surface area contributed by atoms with Gasteiger partial charge in [-0.3, -0.25) is 9.97 Å². The minimum atomic E-state index is 0.280. The van der Waals surface area contributed by atoms with Gasteiger partial charge in [0.15, 0.2) is 0 Å². The van der Waals surface area contributed by atoms with Crippen LogP contribution in [0.2, 0.25) is 0 Å². The summed E-state index contributed by atoms with van der Waals surface area (Å²) in [4.78, 5) is 8.77. The Balaban J connectivity index is 2.13. The average molecular weight is 269 g/mol. The van der Waals surface area contributed by atoms with E-state index in [4.69, 9.17) is 0 Å². The van der Waals surface area contributed by atoms with Crippen LogP contribution in [0.5, 0.6) is 0 Å². The smallest absolute Gasteiger partial charge is 0.0426 e. The van der Waals surface area contributed by atoms with Gasteiger partial charge < -0.3 is 5.32 Å². The van der Waals surface area contributed by atoms with Crippen LogP contribution >= 0.6 is 0 Å². The molecule has 3 heteroatoms. The molecule has 0 bridgehead atoms. The van der Waals surface area contributed by atoms with Crippen molar-refractivity contribution in [1.82, 2.24) is 15.3 Å². The lowest BCUT2D eigenvalue weighted by molar-refractivity contribution is 0.564. The van der Waals surface area contributed by atoms with Gasteiger partial charge in [-0.15, -0.1) is 0 Å². The molecule has 3 nitrogen and oxygen atoms in total. The summed E-state index contributed by atoms with van der Waals surface area (Å²) in [5.41, 5.74) is 7.32. The van der Waals surface area contributed by atoms with Gasteiger partial charge in [0, 0.05) is 36.4 Å². The van der Waals surface area contributed by atoms with Gasteiger partial charge in [-0.2, -0.15) is 0 Å². The normalized spacial score (nSPS) is 12.4. The Morgan fingerprint density at radius 3 is 2.55 bits per heavy atom. The van der Waals surface area contributed by atoms with Crippen molar-refractivity contribution in [1.29, 1.82) is 0 Å². The number of aromatic nitrogens is 2. The van der Waals surface area contributed by atoms with Crippen molar-refractivity contribution in [2.24, 2.45) is 0 Å². The molecule has 2 aromatic rings. The maximum atomic E-state index is 4.58. The van der Waals surface area contributed by atoms with Crippen molar-refractivity contribution in [3.05, 3.63) is 58.2 Å². The Kier molecular flexibility index (Phi) is 4.50. The molecule has 0 aliphatic heterocycles. The van der Waals surface area contributed by atoms with Crippen LogP contribution in [0.15, 0.2) is 24.5 Å². The molecule has 0 saturated carbocycles. The molecule has 0 radical (unpaired) electrons. The summed E-state index contributed by atoms with van der Waals surface area (Å²) in [5, 5.41) is 3.58. The van der Waals surface area contributed by atoms with Crippen LogP contribution in [0.1, 0.15) is 46.6 Å². The maximum absolute atomic E-state index is 4.58. The first-order valence-electron chi connectivity index (χ1n) is 7.06. The van der Waals surface area contributed by atoms with Gasteiger partial charge in [-0.05, 0) is 69.0 Å². The lowest BCUT2D eigenvalue weighted by atomic mass is 10.00. The molecule has 2 heterocycles. The Labute approximate surface area is 121 Å². The molecule has 0 fully saturated rings. The molecule has 106 valence electrons. The lowest BCUT2D eigenvalue weighted by Gasteiger charge is -2.19. The second kappa shape index (κ2) is 6.14. The quantitative estimate of drug-likeness (QED) is 0.922. The predicted octanol–water partition coefficient (Wildman–Crippen LogP) is 3.56. The standard InChI is InChI=1S/C17H23N3/c1-11-6-7-18-9-16(11)10-19-14(4)17-12(2)8-13(3)20-15(17)5/h6-9,14,19H,10H2,1-5H3. The Morgan fingerprint density at radius 2 is 1.90 bits per heavy atom. The van der Waals surface area contributed by atoms with E-state index in [0.717, 1.165) is 17.9 Å². The van der Waals surface area contributed by atoms with Crippen LogP contribution in [0.3, 0.4) is 0 Å². The first-order chi connectivity index (χ1) is 9.49. The van der Waals surface area contributed by atoms with Crippen LogP contribution in [0.25, 0.3) is 0 Å². The van der Waals surface area contributed by atoms with Crippen molar-refractivity contribution >= 4 is 0 Å². The molecule has 0 amide bonds. The van der Waals surface area contributed by atoms with Crippen molar-refractivity contribution in [2.75, 3.05) is 0 Å². The summed E-state index contributed by atoms with van der Waals surface area (Å²) in [5.74, 6) is 0. The number of hydrogen-bond acceptors (Lipinski definition) is 3. The SMILES string of the molecule is Cc1cc(C)c(C(C)NCc2cnccc2C)c(C)n1. The molecule has 0 aliphatic carbocycles. The maximum Gasteiger partial charge on any atom is 0.0426 e. The molecule has 2 rings (SSSR count). The zero-order chi connectivity index (χ0) is 14.7. The fourth-order valence-corrected chi connectivity index (χ4v) is 2.74. The lowest BCUT2D eigenvalue weighted by Crippen LogP contribution is -2.21. The Bertz CT molecular complexity index is 582. The number of aryl methyl sites for hydroxylation is 4. The Hall–Kier alpha value is -1.74. The number of rotatable bonds is 4. The molecule has 20 heavy (non-hydrogen) atoms. The van der Waals surface area contributed by atoms with Crippen LogP contribution in [0, 0.1) is 27.7 Å². The molecular weight excluding hydrogens is 246 g/mol. The van der Waals surface area contributed by atoms with Crippen LogP contribution in [-0.2, 0) is 6.54 Å². The molecule has 0 saturated heterocycles. The zero-order valence-electron chi connectivity index (χ0n) is 13.0. The summed E-state index contributed by atoms with van der Waals surface area (Å²) in [6.07, 6.45) is 3.77. The van der Waals surface area contributed by atoms with Gasteiger partial charge >= 0.3 is 0 Å². The average Bonchev–Trinajstić information content (AvgIpc) is 2.36. The number of nitrogens with one attached hydrogen (secondary N) is 1. The van der Waals surface area contributed by atoms with Crippen molar-refractivity contribution in [3.8, 4) is 0 Å². The molecule has 2 aromatic heterocycles. The van der Waals surface area contributed by atoms with E-state index < -0.39 is 0 Å². The number of pyridine rings is 2. The predicted molar refractivity (Wildman–Crippen MR) is 82.7 cm³/mol. The van der Waals surface area contributed by atoms with E-state index >= 15 is 0 Å². The van der Waals surface area contributed by atoms with E-state index in [9.17, 15) is 0 Å². The molecular formula is C17H23N3. The minimum Gasteiger partial charge on any atom is -0.306 e. The summed E-state index contributed by atoms with van der Waals surface area (Å²) in [6, 6.07) is 4.48. The highest BCUT2D eigenvalue weighted by atomic mass is 14.9. The highest BCUT2D eigenvalue weighted by molar-refractivity contribution is 5.33. The highest BCUT2D eigenvalue weighted by Gasteiger charge is 2.13. The second-order valence-corrected chi connectivity index (χ2v) is 5.48. The molecule has 1 atom stereocenters. The molecule has 1 unspecified atom stereocenters. The third-order valence-corrected chi connectivity index (χ3v) is 3.76. The fourth-order valence-electron chi connectivity index (χ4n) is 2.74. The Morgan fingerprint density at radius 1 is 1.15 bits per heavy atom. The molecule has 0 spiro atoms. The number of hydrogen-bond donors (Lipinski definition) is 1. The molecule has 0 aliphatic rings. The summed E-state index contributed by atoms with van der Waals surface area (Å²) in [6.45, 7) is 11.4. The third kappa shape index (κ3) is 3.23. The largest absolute Gasteiger partial charge is 0.306 e. The summed E-state index contributed by atoms with van der Waals surface area (Å²) >= 11 is 0. The van der Waals surface area contributed by atoms with Crippen molar-refractivity contribution < 1.29 is 0 Å². The topological polar surface area (TPSA) is 37.8 Å². The highest BCUT2D eigenvalue weighted by Crippen LogP contribution is 2.21. The van der Waals surface area contributed by atoms with E-state index in [1.165, 1.54) is 22.3 Å². The number of nitrogens with zero attached hydrogens (tertiary/aromatic N) is 2. The van der Waals surface area contributed by atoms with Gasteiger partial charge in [0.1, 0.15) is 0 Å². The van der Waals surface area contributed by atoms with E-state index in [1.54, 1.807) is 0 Å². The van der Waals surface area contributed by atoms with Gasteiger partial charge in [-0.1, -0.05) is 0 Å². The van der Waals surface area contributed by atoms with Crippen LogP contribution in [-0.4, -0.2) is 9.97 Å². The monoisotopic (exact) mass is 269 g/mol. The van der Waals surface area contributed by atoms with Crippen molar-refractivity contribution in [2.45, 2.75) is 47.2 Å². The van der Waals surface area contributed by atoms with E-state index in [1.807, 2.05) is 25.4 Å². The van der Waals surface area contributed by atoms with Gasteiger partial charge in [0.25, 0.3) is 0 Å². The van der Waals surface area contributed by atoms with Gasteiger partial charge in [-0.25, -0.2) is 0 Å². The van der Waals surface area contributed by atoms with Crippen LogP contribution in [0.4, 0.5) is 0 Å². The fraction of sp³-hybridized carbons (Fsp3) is 0.412. The van der Waals surface area contributed by atoms with E-state index in [-0.39, 0.29) is 6.04 Å². The van der Waals surface area contributed by atoms with Crippen LogP contribution < -0.4 is 5.32 Å².